The summed E-state index contributed by atoms with van der Waals surface area (Å²) >= 11 is 1.57. The molecule has 0 atom stereocenters. The third kappa shape index (κ3) is 4.66. The zero-order valence-electron chi connectivity index (χ0n) is 13.9. The second-order valence-corrected chi connectivity index (χ2v) is 6.69. The number of amides is 1. The Morgan fingerprint density at radius 3 is 2.83 bits per heavy atom. The SMILES string of the molecule is COc1cc(C)c(/C=N\NC(=O)Cc2cccs2)cc1C(C)C. The molecule has 122 valence electrons. The molecule has 0 aliphatic rings. The second kappa shape index (κ2) is 7.92. The van der Waals surface area contributed by atoms with Crippen LogP contribution < -0.4 is 10.2 Å². The third-order valence-corrected chi connectivity index (χ3v) is 4.42. The molecule has 2 aromatic rings. The lowest BCUT2D eigenvalue weighted by atomic mass is 9.97. The number of carbonyl (C=O) groups is 1. The summed E-state index contributed by atoms with van der Waals surface area (Å²) in [5.74, 6) is 1.13. The van der Waals surface area contributed by atoms with Crippen molar-refractivity contribution in [1.29, 1.82) is 0 Å². The van der Waals surface area contributed by atoms with E-state index >= 15 is 0 Å². The maximum absolute atomic E-state index is 11.8. The normalized spacial score (nSPS) is 11.2. The van der Waals surface area contributed by atoms with Crippen LogP contribution >= 0.6 is 11.3 Å². The summed E-state index contributed by atoms with van der Waals surface area (Å²) in [6, 6.07) is 7.94. The Hall–Kier alpha value is -2.14. The third-order valence-electron chi connectivity index (χ3n) is 3.55. The average molecular weight is 330 g/mol. The number of nitrogens with one attached hydrogen (secondary N) is 1. The Balaban J connectivity index is 2.06. The van der Waals surface area contributed by atoms with E-state index in [4.69, 9.17) is 4.74 Å². The molecular formula is C18H22N2O2S. The minimum Gasteiger partial charge on any atom is -0.496 e. The fourth-order valence-electron chi connectivity index (χ4n) is 2.27. The number of ether oxygens (including phenoxy) is 1. The highest BCUT2D eigenvalue weighted by Crippen LogP contribution is 2.28. The highest BCUT2D eigenvalue weighted by atomic mass is 32.1. The Labute approximate surface area is 141 Å². The maximum atomic E-state index is 11.8. The number of hydrazone groups is 1. The molecule has 4 nitrogen and oxygen atoms in total. The predicted octanol–water partition coefficient (Wildman–Crippen LogP) is 3.88. The van der Waals surface area contributed by atoms with E-state index in [1.54, 1.807) is 24.7 Å². The van der Waals surface area contributed by atoms with Crippen LogP contribution in [0.5, 0.6) is 5.75 Å². The molecule has 1 aromatic carbocycles. The summed E-state index contributed by atoms with van der Waals surface area (Å²) in [7, 11) is 1.68. The minimum absolute atomic E-state index is 0.112. The largest absolute Gasteiger partial charge is 0.496 e. The number of aryl methyl sites for hydroxylation is 1. The molecule has 1 heterocycles. The molecule has 1 amide bonds. The van der Waals surface area contributed by atoms with Crippen molar-refractivity contribution in [2.45, 2.75) is 33.1 Å². The number of rotatable bonds is 6. The molecule has 0 radical (unpaired) electrons. The first-order valence-corrected chi connectivity index (χ1v) is 8.42. The van der Waals surface area contributed by atoms with Gasteiger partial charge in [-0.2, -0.15) is 5.10 Å². The Morgan fingerprint density at radius 2 is 2.22 bits per heavy atom. The molecule has 5 heteroatoms. The van der Waals surface area contributed by atoms with Gasteiger partial charge in [-0.3, -0.25) is 4.79 Å². The van der Waals surface area contributed by atoms with Crippen LogP contribution in [-0.4, -0.2) is 19.2 Å². The van der Waals surface area contributed by atoms with Crippen molar-refractivity contribution in [3.63, 3.8) is 0 Å². The van der Waals surface area contributed by atoms with Crippen LogP contribution in [0.3, 0.4) is 0 Å². The molecule has 0 unspecified atom stereocenters. The lowest BCUT2D eigenvalue weighted by molar-refractivity contribution is -0.120. The van der Waals surface area contributed by atoms with E-state index in [-0.39, 0.29) is 5.91 Å². The van der Waals surface area contributed by atoms with Crippen molar-refractivity contribution < 1.29 is 9.53 Å². The molecular weight excluding hydrogens is 308 g/mol. The Bertz CT molecular complexity index is 691. The van der Waals surface area contributed by atoms with Gasteiger partial charge in [-0.05, 0) is 53.1 Å². The van der Waals surface area contributed by atoms with Gasteiger partial charge >= 0.3 is 0 Å². The van der Waals surface area contributed by atoms with Gasteiger partial charge in [0.15, 0.2) is 0 Å². The molecule has 0 aliphatic carbocycles. The van der Waals surface area contributed by atoms with E-state index < -0.39 is 0 Å². The van der Waals surface area contributed by atoms with Gasteiger partial charge in [0.2, 0.25) is 5.91 Å². The lowest BCUT2D eigenvalue weighted by Crippen LogP contribution is -2.19. The molecule has 0 saturated heterocycles. The van der Waals surface area contributed by atoms with E-state index in [1.165, 1.54) is 0 Å². The molecule has 0 bridgehead atoms. The van der Waals surface area contributed by atoms with Crippen molar-refractivity contribution >= 4 is 23.5 Å². The van der Waals surface area contributed by atoms with Crippen molar-refractivity contribution in [2.75, 3.05) is 7.11 Å². The standard InChI is InChI=1S/C18H22N2O2S/c1-12(2)16-9-14(13(3)8-17(16)22-4)11-19-20-18(21)10-15-6-5-7-23-15/h5-9,11-12H,10H2,1-4H3,(H,20,21)/b19-11-. The van der Waals surface area contributed by atoms with Crippen LogP contribution in [0.25, 0.3) is 0 Å². The van der Waals surface area contributed by atoms with Gasteiger partial charge in [0, 0.05) is 4.88 Å². The summed E-state index contributed by atoms with van der Waals surface area (Å²) in [5, 5.41) is 6.04. The van der Waals surface area contributed by atoms with Gasteiger partial charge in [-0.1, -0.05) is 19.9 Å². The number of benzene rings is 1. The molecule has 0 spiro atoms. The summed E-state index contributed by atoms with van der Waals surface area (Å²) in [6.45, 7) is 6.25. The van der Waals surface area contributed by atoms with Crippen molar-refractivity contribution in [2.24, 2.45) is 5.10 Å². The van der Waals surface area contributed by atoms with E-state index in [1.807, 2.05) is 30.5 Å². The van der Waals surface area contributed by atoms with Crippen LogP contribution in [0.1, 0.15) is 41.3 Å². The highest BCUT2D eigenvalue weighted by molar-refractivity contribution is 7.10. The van der Waals surface area contributed by atoms with Crippen molar-refractivity contribution in [3.05, 3.63) is 51.2 Å². The minimum atomic E-state index is -0.112. The first kappa shape index (κ1) is 17.2. The Kier molecular flexibility index (Phi) is 5.93. The quantitative estimate of drug-likeness (QED) is 0.645. The first-order chi connectivity index (χ1) is 11.0. The summed E-state index contributed by atoms with van der Waals surface area (Å²) in [5.41, 5.74) is 5.74. The van der Waals surface area contributed by atoms with Gasteiger partial charge in [0.1, 0.15) is 5.75 Å². The van der Waals surface area contributed by atoms with E-state index in [0.29, 0.717) is 12.3 Å². The average Bonchev–Trinajstić information content (AvgIpc) is 3.01. The monoisotopic (exact) mass is 330 g/mol. The molecule has 1 N–H and O–H groups in total. The number of carbonyl (C=O) groups excluding carboxylic acids is 1. The van der Waals surface area contributed by atoms with Crippen molar-refractivity contribution in [3.8, 4) is 5.75 Å². The second-order valence-electron chi connectivity index (χ2n) is 5.65. The van der Waals surface area contributed by atoms with Gasteiger partial charge < -0.3 is 4.74 Å². The van der Waals surface area contributed by atoms with E-state index in [2.05, 4.69) is 30.4 Å². The zero-order chi connectivity index (χ0) is 16.8. The van der Waals surface area contributed by atoms with Crippen LogP contribution in [0.4, 0.5) is 0 Å². The van der Waals surface area contributed by atoms with Gasteiger partial charge in [-0.15, -0.1) is 11.3 Å². The molecule has 2 rings (SSSR count). The Morgan fingerprint density at radius 1 is 1.43 bits per heavy atom. The number of hydrogen-bond donors (Lipinski definition) is 1. The summed E-state index contributed by atoms with van der Waals surface area (Å²) in [6.07, 6.45) is 2.04. The fraction of sp³-hybridized carbons (Fsp3) is 0.333. The van der Waals surface area contributed by atoms with Crippen LogP contribution in [-0.2, 0) is 11.2 Å². The molecule has 0 aliphatic heterocycles. The van der Waals surface area contributed by atoms with Crippen molar-refractivity contribution in [1.82, 2.24) is 5.43 Å². The highest BCUT2D eigenvalue weighted by Gasteiger charge is 2.10. The molecule has 0 saturated carbocycles. The maximum Gasteiger partial charge on any atom is 0.245 e. The lowest BCUT2D eigenvalue weighted by Gasteiger charge is -2.14. The van der Waals surface area contributed by atoms with E-state index in [9.17, 15) is 4.79 Å². The fourth-order valence-corrected chi connectivity index (χ4v) is 2.97. The number of methoxy groups -OCH3 is 1. The van der Waals surface area contributed by atoms with Gasteiger partial charge in [0.25, 0.3) is 0 Å². The number of nitrogens with zero attached hydrogens (tertiary/aromatic N) is 1. The van der Waals surface area contributed by atoms with Gasteiger partial charge in [-0.25, -0.2) is 5.43 Å². The predicted molar refractivity (Wildman–Crippen MR) is 95.6 cm³/mol. The summed E-state index contributed by atoms with van der Waals surface area (Å²) in [4.78, 5) is 12.9. The summed E-state index contributed by atoms with van der Waals surface area (Å²) < 4.78 is 5.43. The molecule has 1 aromatic heterocycles. The smallest absolute Gasteiger partial charge is 0.245 e. The molecule has 0 fully saturated rings. The zero-order valence-corrected chi connectivity index (χ0v) is 14.7. The van der Waals surface area contributed by atoms with E-state index in [0.717, 1.165) is 27.3 Å². The first-order valence-electron chi connectivity index (χ1n) is 7.54. The molecule has 23 heavy (non-hydrogen) atoms. The van der Waals surface area contributed by atoms with Crippen LogP contribution in [0.15, 0.2) is 34.7 Å². The van der Waals surface area contributed by atoms with Crippen LogP contribution in [0, 0.1) is 6.92 Å². The van der Waals surface area contributed by atoms with Crippen LogP contribution in [0.2, 0.25) is 0 Å². The topological polar surface area (TPSA) is 50.7 Å². The number of thiophene rings is 1. The number of hydrogen-bond acceptors (Lipinski definition) is 4. The van der Waals surface area contributed by atoms with Gasteiger partial charge in [0.05, 0.1) is 19.7 Å².